The number of likely N-dealkylation sites (N-methyl/N-ethyl adjacent to an activating group) is 1. The molecule has 0 unspecified atom stereocenters. The average molecular weight is 495 g/mol. The maximum absolute atomic E-state index is 14.9. The number of fused-ring (bicyclic) bond motifs is 1. The van der Waals surface area contributed by atoms with Crippen molar-refractivity contribution in [3.8, 4) is 17.0 Å². The lowest BCUT2D eigenvalue weighted by molar-refractivity contribution is -0.129. The van der Waals surface area contributed by atoms with E-state index in [-0.39, 0.29) is 29.8 Å². The number of pyridine rings is 1. The zero-order valence-corrected chi connectivity index (χ0v) is 20.5. The van der Waals surface area contributed by atoms with Gasteiger partial charge in [0.2, 0.25) is 5.91 Å². The van der Waals surface area contributed by atoms with Crippen LogP contribution in [0.5, 0.6) is 5.75 Å². The number of carbonyl (C=O) groups excluding carboxylic acids is 1. The molecule has 1 fully saturated rings. The largest absolute Gasteiger partial charge is 0.486 e. The Hall–Kier alpha value is -3.82. The summed E-state index contributed by atoms with van der Waals surface area (Å²) in [7, 11) is 1.80. The molecule has 4 heterocycles. The van der Waals surface area contributed by atoms with E-state index in [1.165, 1.54) is 6.07 Å². The van der Waals surface area contributed by atoms with Crippen molar-refractivity contribution in [2.24, 2.45) is 0 Å². The lowest BCUT2D eigenvalue weighted by atomic mass is 10.1. The molecular formula is C26H28F2N6O2. The molecule has 2 aliphatic heterocycles. The second-order valence-corrected chi connectivity index (χ2v) is 9.35. The van der Waals surface area contributed by atoms with Gasteiger partial charge in [0.05, 0.1) is 43.3 Å². The smallest absolute Gasteiger partial charge is 0.241 e. The predicted molar refractivity (Wildman–Crippen MR) is 132 cm³/mol. The van der Waals surface area contributed by atoms with E-state index in [9.17, 15) is 13.6 Å². The van der Waals surface area contributed by atoms with Crippen molar-refractivity contribution < 1.29 is 18.3 Å². The zero-order valence-electron chi connectivity index (χ0n) is 20.5. The number of piperazine rings is 1. The van der Waals surface area contributed by atoms with Gasteiger partial charge in [0.15, 0.2) is 17.4 Å². The number of benzene rings is 1. The Morgan fingerprint density at radius 2 is 1.89 bits per heavy atom. The van der Waals surface area contributed by atoms with Gasteiger partial charge >= 0.3 is 0 Å². The van der Waals surface area contributed by atoms with Gasteiger partial charge in [-0.05, 0) is 38.1 Å². The van der Waals surface area contributed by atoms with Gasteiger partial charge in [-0.15, -0.1) is 0 Å². The van der Waals surface area contributed by atoms with Crippen molar-refractivity contribution in [1.82, 2.24) is 19.9 Å². The number of amides is 1. The number of carbonyl (C=O) groups is 1. The van der Waals surface area contributed by atoms with Crippen LogP contribution in [0.4, 0.5) is 20.2 Å². The number of nitrogens with zero attached hydrogens (tertiary/aromatic N) is 6. The van der Waals surface area contributed by atoms with Crippen molar-refractivity contribution in [2.45, 2.75) is 26.3 Å². The van der Waals surface area contributed by atoms with E-state index in [1.54, 1.807) is 24.2 Å². The topological polar surface area (TPSA) is 74.7 Å². The molecule has 2 aromatic heterocycles. The Bertz CT molecular complexity index is 1280. The molecule has 0 aliphatic carbocycles. The van der Waals surface area contributed by atoms with Crippen LogP contribution in [-0.2, 0) is 11.2 Å². The Morgan fingerprint density at radius 3 is 2.61 bits per heavy atom. The molecule has 0 bridgehead atoms. The van der Waals surface area contributed by atoms with E-state index >= 15 is 0 Å². The minimum Gasteiger partial charge on any atom is -0.486 e. The number of halogens is 2. The molecule has 1 aromatic carbocycles. The highest BCUT2D eigenvalue weighted by molar-refractivity contribution is 5.82. The highest BCUT2D eigenvalue weighted by Gasteiger charge is 2.26. The van der Waals surface area contributed by atoms with Gasteiger partial charge in [-0.2, -0.15) is 0 Å². The summed E-state index contributed by atoms with van der Waals surface area (Å²) >= 11 is 0. The molecule has 1 saturated heterocycles. The standard InChI is InChI=1S/C26H28F2N6O2/c1-16(2)34-8-9-36-26-20(27)10-17(11-22(26)34)25-21(28)14-30-23(31-25)12-18-4-5-19(13-29-18)33-7-6-32(3)24(35)15-33/h4-5,10-11,13-14,16H,6-9,12,15H2,1-3H3. The zero-order chi connectivity index (χ0) is 25.4. The molecule has 5 rings (SSSR count). The van der Waals surface area contributed by atoms with Crippen LogP contribution >= 0.6 is 0 Å². The van der Waals surface area contributed by atoms with Crippen LogP contribution in [0.3, 0.4) is 0 Å². The number of hydrogen-bond donors (Lipinski definition) is 0. The molecule has 10 heteroatoms. The third-order valence-corrected chi connectivity index (χ3v) is 6.57. The third-order valence-electron chi connectivity index (χ3n) is 6.57. The third kappa shape index (κ3) is 4.67. The van der Waals surface area contributed by atoms with Crippen LogP contribution in [-0.4, -0.2) is 71.6 Å². The molecule has 1 amide bonds. The molecule has 188 valence electrons. The Morgan fingerprint density at radius 1 is 1.06 bits per heavy atom. The summed E-state index contributed by atoms with van der Waals surface area (Å²) in [4.78, 5) is 30.8. The van der Waals surface area contributed by atoms with E-state index in [1.807, 2.05) is 35.8 Å². The SMILES string of the molecule is CC(C)N1CCOc2c(F)cc(-c3nc(Cc4ccc(N5CCN(C)C(=O)C5)cn4)ncc3F)cc21. The lowest BCUT2D eigenvalue weighted by Gasteiger charge is -2.34. The monoisotopic (exact) mass is 494 g/mol. The molecule has 0 spiro atoms. The number of rotatable bonds is 5. The first-order chi connectivity index (χ1) is 17.3. The van der Waals surface area contributed by atoms with Gasteiger partial charge in [-0.1, -0.05) is 0 Å². The fourth-order valence-corrected chi connectivity index (χ4v) is 4.52. The summed E-state index contributed by atoms with van der Waals surface area (Å²) in [5.41, 5.74) is 2.51. The maximum atomic E-state index is 14.9. The quantitative estimate of drug-likeness (QED) is 0.539. The second-order valence-electron chi connectivity index (χ2n) is 9.35. The van der Waals surface area contributed by atoms with Crippen molar-refractivity contribution in [1.29, 1.82) is 0 Å². The molecule has 3 aromatic rings. The molecule has 8 nitrogen and oxygen atoms in total. The second kappa shape index (κ2) is 9.67. The van der Waals surface area contributed by atoms with Crippen LogP contribution in [0.15, 0.2) is 36.7 Å². The molecular weight excluding hydrogens is 466 g/mol. The van der Waals surface area contributed by atoms with E-state index in [0.29, 0.717) is 49.0 Å². The number of aromatic nitrogens is 3. The first kappa shape index (κ1) is 23.9. The molecule has 0 radical (unpaired) electrons. The van der Waals surface area contributed by atoms with Gasteiger partial charge in [-0.3, -0.25) is 9.78 Å². The van der Waals surface area contributed by atoms with Crippen molar-refractivity contribution >= 4 is 17.3 Å². The Balaban J connectivity index is 1.39. The summed E-state index contributed by atoms with van der Waals surface area (Å²) < 4.78 is 35.2. The molecule has 2 aliphatic rings. The normalized spacial score (nSPS) is 15.8. The summed E-state index contributed by atoms with van der Waals surface area (Å²) in [5, 5.41) is 0. The van der Waals surface area contributed by atoms with Gasteiger partial charge in [0.25, 0.3) is 0 Å². The van der Waals surface area contributed by atoms with E-state index in [0.717, 1.165) is 18.4 Å². The predicted octanol–water partition coefficient (Wildman–Crippen LogP) is 3.29. The van der Waals surface area contributed by atoms with Crippen molar-refractivity contribution in [2.75, 3.05) is 49.6 Å². The van der Waals surface area contributed by atoms with Crippen LogP contribution in [0, 0.1) is 11.6 Å². The van der Waals surface area contributed by atoms with E-state index < -0.39 is 11.6 Å². The molecule has 0 saturated carbocycles. The summed E-state index contributed by atoms with van der Waals surface area (Å²) in [6, 6.07) is 6.86. The van der Waals surface area contributed by atoms with Crippen LogP contribution in [0.25, 0.3) is 11.3 Å². The van der Waals surface area contributed by atoms with Crippen LogP contribution in [0.2, 0.25) is 0 Å². The van der Waals surface area contributed by atoms with Crippen molar-refractivity contribution in [3.63, 3.8) is 0 Å². The molecule has 36 heavy (non-hydrogen) atoms. The Kier molecular flexibility index (Phi) is 6.42. The Labute approximate surface area is 208 Å². The van der Waals surface area contributed by atoms with Crippen LogP contribution < -0.4 is 14.5 Å². The van der Waals surface area contributed by atoms with Crippen LogP contribution in [0.1, 0.15) is 25.4 Å². The minimum absolute atomic E-state index is 0.0311. The van der Waals surface area contributed by atoms with Gasteiger partial charge in [0.1, 0.15) is 18.1 Å². The van der Waals surface area contributed by atoms with E-state index in [4.69, 9.17) is 4.74 Å². The number of ether oxygens (including phenoxy) is 1. The lowest BCUT2D eigenvalue weighted by Crippen LogP contribution is -2.48. The van der Waals surface area contributed by atoms with E-state index in [2.05, 4.69) is 15.0 Å². The van der Waals surface area contributed by atoms with Gasteiger partial charge in [0, 0.05) is 37.4 Å². The fourth-order valence-electron chi connectivity index (χ4n) is 4.52. The fraction of sp³-hybridized carbons (Fsp3) is 0.385. The number of anilines is 2. The highest BCUT2D eigenvalue weighted by atomic mass is 19.1. The molecule has 0 atom stereocenters. The number of hydrogen-bond acceptors (Lipinski definition) is 7. The average Bonchev–Trinajstić information content (AvgIpc) is 2.87. The van der Waals surface area contributed by atoms with Crippen molar-refractivity contribution in [3.05, 3.63) is 59.8 Å². The van der Waals surface area contributed by atoms with Gasteiger partial charge in [-0.25, -0.2) is 18.7 Å². The van der Waals surface area contributed by atoms with Gasteiger partial charge < -0.3 is 19.4 Å². The first-order valence-electron chi connectivity index (χ1n) is 12.0. The summed E-state index contributed by atoms with van der Waals surface area (Å²) in [5.74, 6) is -0.559. The first-order valence-corrected chi connectivity index (χ1v) is 12.0. The summed E-state index contributed by atoms with van der Waals surface area (Å²) in [6.45, 7) is 6.77. The summed E-state index contributed by atoms with van der Waals surface area (Å²) in [6.07, 6.45) is 3.11. The highest BCUT2D eigenvalue weighted by Crippen LogP contribution is 2.39. The molecule has 0 N–H and O–H groups in total. The minimum atomic E-state index is -0.631. The maximum Gasteiger partial charge on any atom is 0.241 e.